The zero-order chi connectivity index (χ0) is 18.0. The van der Waals surface area contributed by atoms with Gasteiger partial charge in [0.05, 0.1) is 10.5 Å². The van der Waals surface area contributed by atoms with E-state index in [0.29, 0.717) is 13.1 Å². The number of aromatic carboxylic acids is 1. The fraction of sp³-hybridized carbons (Fsp3) is 0.412. The maximum atomic E-state index is 12.9. The van der Waals surface area contributed by atoms with Gasteiger partial charge in [0, 0.05) is 37.9 Å². The third kappa shape index (κ3) is 3.45. The molecule has 3 rings (SSSR count). The molecule has 1 aliphatic heterocycles. The minimum atomic E-state index is -3.73. The number of hydrogen-bond acceptors (Lipinski definition) is 4. The second-order valence-corrected chi connectivity index (χ2v) is 8.04. The Morgan fingerprint density at radius 3 is 2.92 bits per heavy atom. The van der Waals surface area contributed by atoms with Crippen molar-refractivity contribution in [3.05, 3.63) is 48.0 Å². The number of rotatable bonds is 5. The van der Waals surface area contributed by atoms with Gasteiger partial charge in [-0.2, -0.15) is 4.31 Å². The first-order valence-electron chi connectivity index (χ1n) is 8.28. The van der Waals surface area contributed by atoms with Crippen LogP contribution in [0.5, 0.6) is 0 Å². The Morgan fingerprint density at radius 2 is 2.20 bits per heavy atom. The van der Waals surface area contributed by atoms with E-state index < -0.39 is 16.0 Å². The summed E-state index contributed by atoms with van der Waals surface area (Å²) < 4.78 is 29.3. The zero-order valence-electron chi connectivity index (χ0n) is 14.0. The van der Waals surface area contributed by atoms with Crippen molar-refractivity contribution in [2.45, 2.75) is 37.1 Å². The smallest absolute Gasteiger partial charge is 0.335 e. The fourth-order valence-corrected chi connectivity index (χ4v) is 4.83. The molecule has 1 saturated heterocycles. The van der Waals surface area contributed by atoms with Crippen LogP contribution in [0.3, 0.4) is 0 Å². The van der Waals surface area contributed by atoms with Gasteiger partial charge in [0.25, 0.3) is 0 Å². The van der Waals surface area contributed by atoms with E-state index in [1.807, 2.05) is 17.7 Å². The van der Waals surface area contributed by atoms with E-state index in [1.54, 1.807) is 6.20 Å². The number of hydrogen-bond donors (Lipinski definition) is 1. The van der Waals surface area contributed by atoms with E-state index in [4.69, 9.17) is 5.11 Å². The summed E-state index contributed by atoms with van der Waals surface area (Å²) in [5.74, 6) is -0.193. The van der Waals surface area contributed by atoms with Crippen LogP contribution in [0.2, 0.25) is 0 Å². The molecule has 0 saturated carbocycles. The highest BCUT2D eigenvalue weighted by atomic mass is 32.2. The van der Waals surface area contributed by atoms with Crippen LogP contribution in [0, 0.1) is 0 Å². The third-order valence-corrected chi connectivity index (χ3v) is 6.42. The highest BCUT2D eigenvalue weighted by Crippen LogP contribution is 2.29. The van der Waals surface area contributed by atoms with Gasteiger partial charge in [-0.05, 0) is 38.0 Å². The van der Waals surface area contributed by atoms with Gasteiger partial charge in [-0.1, -0.05) is 6.07 Å². The van der Waals surface area contributed by atoms with Crippen LogP contribution in [0.15, 0.2) is 41.6 Å². The first kappa shape index (κ1) is 17.6. The number of carbonyl (C=O) groups is 1. The first-order valence-corrected chi connectivity index (χ1v) is 9.72. The molecule has 1 unspecified atom stereocenters. The number of aryl methyl sites for hydroxylation is 1. The number of sulfonamides is 1. The molecule has 1 N–H and O–H groups in total. The molecule has 1 fully saturated rings. The van der Waals surface area contributed by atoms with Gasteiger partial charge in [0.15, 0.2) is 0 Å². The van der Waals surface area contributed by atoms with Crippen molar-refractivity contribution in [1.82, 2.24) is 13.9 Å². The Morgan fingerprint density at radius 1 is 1.40 bits per heavy atom. The molecular formula is C17H21N3O4S. The van der Waals surface area contributed by atoms with Crippen LogP contribution < -0.4 is 0 Å². The Hall–Kier alpha value is -2.19. The van der Waals surface area contributed by atoms with E-state index in [9.17, 15) is 13.2 Å². The SMILES string of the molecule is CCn1ccnc1C1CCCN(S(=O)(=O)c2cccc(C(=O)O)c2)C1. The Kier molecular flexibility index (Phi) is 4.91. The lowest BCUT2D eigenvalue weighted by Gasteiger charge is -2.31. The van der Waals surface area contributed by atoms with Crippen LogP contribution in [-0.4, -0.2) is 46.4 Å². The number of imidazole rings is 1. The summed E-state index contributed by atoms with van der Waals surface area (Å²) >= 11 is 0. The fourth-order valence-electron chi connectivity index (χ4n) is 3.26. The van der Waals surface area contributed by atoms with Crippen LogP contribution in [0.1, 0.15) is 41.9 Å². The maximum Gasteiger partial charge on any atom is 0.335 e. The Bertz CT molecular complexity index is 876. The van der Waals surface area contributed by atoms with Crippen LogP contribution in [0.4, 0.5) is 0 Å². The number of aromatic nitrogens is 2. The van der Waals surface area contributed by atoms with Crippen molar-refractivity contribution in [2.24, 2.45) is 0 Å². The summed E-state index contributed by atoms with van der Waals surface area (Å²) in [6, 6.07) is 5.51. The Balaban J connectivity index is 1.87. The Labute approximate surface area is 147 Å². The molecule has 0 bridgehead atoms. The standard InChI is InChI=1S/C17H21N3O4S/c1-2-19-10-8-18-16(19)14-6-4-9-20(12-14)25(23,24)15-7-3-5-13(11-15)17(21)22/h3,5,7-8,10-11,14H,2,4,6,9,12H2,1H3,(H,21,22). The van der Waals surface area contributed by atoms with Crippen molar-refractivity contribution >= 4 is 16.0 Å². The largest absolute Gasteiger partial charge is 0.478 e. The van der Waals surface area contributed by atoms with Gasteiger partial charge in [0.2, 0.25) is 10.0 Å². The topological polar surface area (TPSA) is 92.5 Å². The van der Waals surface area contributed by atoms with E-state index in [2.05, 4.69) is 4.98 Å². The summed E-state index contributed by atoms with van der Waals surface area (Å²) in [6.45, 7) is 3.61. The van der Waals surface area contributed by atoms with Gasteiger partial charge < -0.3 is 9.67 Å². The van der Waals surface area contributed by atoms with Crippen molar-refractivity contribution in [2.75, 3.05) is 13.1 Å². The molecule has 1 aromatic carbocycles. The van der Waals surface area contributed by atoms with Crippen molar-refractivity contribution in [3.8, 4) is 0 Å². The van der Waals surface area contributed by atoms with Crippen molar-refractivity contribution in [3.63, 3.8) is 0 Å². The van der Waals surface area contributed by atoms with E-state index in [0.717, 1.165) is 25.2 Å². The van der Waals surface area contributed by atoms with Crippen LogP contribution >= 0.6 is 0 Å². The highest BCUT2D eigenvalue weighted by molar-refractivity contribution is 7.89. The average molecular weight is 363 g/mol. The quantitative estimate of drug-likeness (QED) is 0.879. The molecule has 2 heterocycles. The van der Waals surface area contributed by atoms with Crippen LogP contribution in [0.25, 0.3) is 0 Å². The minimum absolute atomic E-state index is 0.0203. The average Bonchev–Trinajstić information content (AvgIpc) is 3.10. The third-order valence-electron chi connectivity index (χ3n) is 4.56. The normalized spacial score (nSPS) is 19.0. The van der Waals surface area contributed by atoms with E-state index in [-0.39, 0.29) is 16.4 Å². The van der Waals surface area contributed by atoms with Gasteiger partial charge in [0.1, 0.15) is 5.82 Å². The molecule has 0 aliphatic carbocycles. The van der Waals surface area contributed by atoms with Crippen molar-refractivity contribution < 1.29 is 18.3 Å². The minimum Gasteiger partial charge on any atom is -0.478 e. The molecule has 8 heteroatoms. The number of carboxylic acids is 1. The molecule has 25 heavy (non-hydrogen) atoms. The molecule has 7 nitrogen and oxygen atoms in total. The number of carboxylic acid groups (broad SMARTS) is 1. The van der Waals surface area contributed by atoms with Gasteiger partial charge in [-0.3, -0.25) is 0 Å². The van der Waals surface area contributed by atoms with Crippen LogP contribution in [-0.2, 0) is 16.6 Å². The summed E-state index contributed by atoms with van der Waals surface area (Å²) in [5.41, 5.74) is -0.0313. The van der Waals surface area contributed by atoms with Crippen molar-refractivity contribution in [1.29, 1.82) is 0 Å². The molecular weight excluding hydrogens is 342 g/mol. The van der Waals surface area contributed by atoms with Gasteiger partial charge >= 0.3 is 5.97 Å². The lowest BCUT2D eigenvalue weighted by Crippen LogP contribution is -2.39. The lowest BCUT2D eigenvalue weighted by atomic mass is 9.99. The number of piperidine rings is 1. The molecule has 0 spiro atoms. The van der Waals surface area contributed by atoms with Gasteiger partial charge in [-0.25, -0.2) is 18.2 Å². The predicted octanol–water partition coefficient (Wildman–Crippen LogP) is 2.17. The summed E-state index contributed by atoms with van der Waals surface area (Å²) in [4.78, 5) is 15.5. The highest BCUT2D eigenvalue weighted by Gasteiger charge is 2.32. The summed E-state index contributed by atoms with van der Waals surface area (Å²) in [6.07, 6.45) is 5.28. The zero-order valence-corrected chi connectivity index (χ0v) is 14.8. The molecule has 0 amide bonds. The maximum absolute atomic E-state index is 12.9. The summed E-state index contributed by atoms with van der Waals surface area (Å²) in [5, 5.41) is 9.09. The molecule has 2 aromatic rings. The number of nitrogens with zero attached hydrogens (tertiary/aromatic N) is 3. The molecule has 1 aliphatic rings. The second-order valence-electron chi connectivity index (χ2n) is 6.11. The molecule has 0 radical (unpaired) electrons. The molecule has 134 valence electrons. The van der Waals surface area contributed by atoms with E-state index >= 15 is 0 Å². The number of benzene rings is 1. The lowest BCUT2D eigenvalue weighted by molar-refractivity contribution is 0.0696. The molecule has 1 aromatic heterocycles. The van der Waals surface area contributed by atoms with E-state index in [1.165, 1.54) is 28.6 Å². The molecule has 1 atom stereocenters. The predicted molar refractivity (Wildman–Crippen MR) is 92.0 cm³/mol. The first-order chi connectivity index (χ1) is 11.9. The monoisotopic (exact) mass is 363 g/mol. The van der Waals surface area contributed by atoms with Gasteiger partial charge in [-0.15, -0.1) is 0 Å². The summed E-state index contributed by atoms with van der Waals surface area (Å²) in [7, 11) is -3.73. The second kappa shape index (κ2) is 6.97.